The summed E-state index contributed by atoms with van der Waals surface area (Å²) < 4.78 is 1.55. The molecule has 0 aliphatic carbocycles. The van der Waals surface area contributed by atoms with Crippen molar-refractivity contribution in [1.29, 1.82) is 0 Å². The van der Waals surface area contributed by atoms with Gasteiger partial charge in [0, 0.05) is 13.6 Å². The van der Waals surface area contributed by atoms with E-state index in [4.69, 9.17) is 0 Å². The predicted octanol–water partition coefficient (Wildman–Crippen LogP) is 1.11. The first-order valence-corrected chi connectivity index (χ1v) is 6.32. The lowest BCUT2D eigenvalue weighted by molar-refractivity contribution is 0.0365. The van der Waals surface area contributed by atoms with Gasteiger partial charge in [0.1, 0.15) is 0 Å². The molecule has 1 heterocycles. The Morgan fingerprint density at radius 2 is 2.00 bits per heavy atom. The molecule has 0 saturated carbocycles. The number of para-hydroxylation sites is 1. The number of nitrogens with zero attached hydrogens (tertiary/aromatic N) is 4. The van der Waals surface area contributed by atoms with E-state index in [0.29, 0.717) is 0 Å². The summed E-state index contributed by atoms with van der Waals surface area (Å²) in [5.74, 6) is -0.269. The lowest BCUT2D eigenvalue weighted by Gasteiger charge is -2.24. The van der Waals surface area contributed by atoms with Gasteiger partial charge in [0.2, 0.25) is 0 Å². The molecule has 1 aromatic carbocycles. The number of rotatable bonds is 4. The Morgan fingerprint density at radius 1 is 1.35 bits per heavy atom. The SMILES string of the molecule is CN(CC(C)(C)O)C(=O)c1cn(-c2ccccc2)nn1. The van der Waals surface area contributed by atoms with Crippen LogP contribution < -0.4 is 0 Å². The summed E-state index contributed by atoms with van der Waals surface area (Å²) in [4.78, 5) is 13.6. The number of benzene rings is 1. The van der Waals surface area contributed by atoms with Crippen LogP contribution in [0.4, 0.5) is 0 Å². The number of aromatic nitrogens is 3. The van der Waals surface area contributed by atoms with Crippen LogP contribution in [0.2, 0.25) is 0 Å². The van der Waals surface area contributed by atoms with Crippen LogP contribution in [0.5, 0.6) is 0 Å². The van der Waals surface area contributed by atoms with Crippen molar-refractivity contribution < 1.29 is 9.90 Å². The van der Waals surface area contributed by atoms with Crippen molar-refractivity contribution in [3.63, 3.8) is 0 Å². The first-order valence-electron chi connectivity index (χ1n) is 6.32. The van der Waals surface area contributed by atoms with Gasteiger partial charge in [-0.3, -0.25) is 4.79 Å². The van der Waals surface area contributed by atoms with Gasteiger partial charge < -0.3 is 10.0 Å². The number of hydrogen-bond donors (Lipinski definition) is 1. The first kappa shape index (κ1) is 14.2. The van der Waals surface area contributed by atoms with E-state index in [1.54, 1.807) is 31.8 Å². The quantitative estimate of drug-likeness (QED) is 0.906. The summed E-state index contributed by atoms with van der Waals surface area (Å²) in [5.41, 5.74) is 0.143. The molecule has 1 amide bonds. The summed E-state index contributed by atoms with van der Waals surface area (Å²) in [7, 11) is 1.63. The zero-order valence-electron chi connectivity index (χ0n) is 11.8. The fraction of sp³-hybridized carbons (Fsp3) is 0.357. The third-order valence-electron chi connectivity index (χ3n) is 2.70. The van der Waals surface area contributed by atoms with Gasteiger partial charge in [0.25, 0.3) is 5.91 Å². The molecule has 6 nitrogen and oxygen atoms in total. The fourth-order valence-corrected chi connectivity index (χ4v) is 1.92. The Morgan fingerprint density at radius 3 is 2.60 bits per heavy atom. The molecule has 0 aliphatic heterocycles. The van der Waals surface area contributed by atoms with E-state index < -0.39 is 5.60 Å². The maximum Gasteiger partial charge on any atom is 0.275 e. The number of amides is 1. The van der Waals surface area contributed by atoms with Gasteiger partial charge in [0.05, 0.1) is 17.5 Å². The topological polar surface area (TPSA) is 71.2 Å². The van der Waals surface area contributed by atoms with E-state index in [2.05, 4.69) is 10.3 Å². The van der Waals surface area contributed by atoms with Crippen molar-refractivity contribution in [2.75, 3.05) is 13.6 Å². The minimum absolute atomic E-state index is 0.226. The molecule has 0 unspecified atom stereocenters. The fourth-order valence-electron chi connectivity index (χ4n) is 1.92. The Hall–Kier alpha value is -2.21. The normalized spacial score (nSPS) is 11.4. The van der Waals surface area contributed by atoms with Crippen molar-refractivity contribution >= 4 is 5.91 Å². The van der Waals surface area contributed by atoms with Crippen LogP contribution in [0.25, 0.3) is 5.69 Å². The summed E-state index contributed by atoms with van der Waals surface area (Å²) in [6.45, 7) is 3.53. The smallest absolute Gasteiger partial charge is 0.275 e. The van der Waals surface area contributed by atoms with Crippen LogP contribution in [0.3, 0.4) is 0 Å². The highest BCUT2D eigenvalue weighted by atomic mass is 16.3. The van der Waals surface area contributed by atoms with Crippen molar-refractivity contribution in [3.05, 3.63) is 42.2 Å². The van der Waals surface area contributed by atoms with Crippen LogP contribution in [-0.4, -0.2) is 50.1 Å². The number of carbonyl (C=O) groups is 1. The molecular weight excluding hydrogens is 256 g/mol. The molecule has 0 radical (unpaired) electrons. The maximum absolute atomic E-state index is 12.2. The molecule has 0 saturated heterocycles. The molecule has 106 valence electrons. The minimum Gasteiger partial charge on any atom is -0.389 e. The Kier molecular flexibility index (Phi) is 3.85. The van der Waals surface area contributed by atoms with Gasteiger partial charge >= 0.3 is 0 Å². The molecule has 0 fully saturated rings. The predicted molar refractivity (Wildman–Crippen MR) is 74.6 cm³/mol. The van der Waals surface area contributed by atoms with Gasteiger partial charge in [-0.1, -0.05) is 23.4 Å². The Bertz CT molecular complexity index is 587. The van der Waals surface area contributed by atoms with Crippen LogP contribution in [0.15, 0.2) is 36.5 Å². The van der Waals surface area contributed by atoms with E-state index in [9.17, 15) is 9.90 Å². The third kappa shape index (κ3) is 3.42. The van der Waals surface area contributed by atoms with Gasteiger partial charge in [-0.05, 0) is 26.0 Å². The molecule has 0 spiro atoms. The second-order valence-electron chi connectivity index (χ2n) is 5.36. The lowest BCUT2D eigenvalue weighted by Crippen LogP contribution is -2.39. The molecule has 2 rings (SSSR count). The van der Waals surface area contributed by atoms with Crippen molar-refractivity contribution in [1.82, 2.24) is 19.9 Å². The average molecular weight is 274 g/mol. The van der Waals surface area contributed by atoms with Gasteiger partial charge in [-0.15, -0.1) is 5.10 Å². The molecule has 1 aromatic heterocycles. The number of likely N-dealkylation sites (N-methyl/N-ethyl adjacent to an activating group) is 1. The largest absolute Gasteiger partial charge is 0.389 e. The van der Waals surface area contributed by atoms with E-state index in [0.717, 1.165) is 5.69 Å². The van der Waals surface area contributed by atoms with Crippen LogP contribution in [0, 0.1) is 0 Å². The summed E-state index contributed by atoms with van der Waals surface area (Å²) >= 11 is 0. The lowest BCUT2D eigenvalue weighted by atomic mass is 10.1. The molecule has 0 atom stereocenters. The average Bonchev–Trinajstić information content (AvgIpc) is 2.86. The van der Waals surface area contributed by atoms with Crippen molar-refractivity contribution in [2.45, 2.75) is 19.4 Å². The van der Waals surface area contributed by atoms with Crippen LogP contribution in [0.1, 0.15) is 24.3 Å². The minimum atomic E-state index is -0.945. The van der Waals surface area contributed by atoms with E-state index >= 15 is 0 Å². The van der Waals surface area contributed by atoms with Gasteiger partial charge in [-0.25, -0.2) is 4.68 Å². The van der Waals surface area contributed by atoms with E-state index in [1.165, 1.54) is 4.90 Å². The third-order valence-corrected chi connectivity index (χ3v) is 2.70. The molecule has 0 aliphatic rings. The highest BCUT2D eigenvalue weighted by molar-refractivity contribution is 5.91. The number of carbonyl (C=O) groups excluding carboxylic acids is 1. The molecular formula is C14H18N4O2. The Labute approximate surface area is 117 Å². The van der Waals surface area contributed by atoms with Crippen molar-refractivity contribution in [2.24, 2.45) is 0 Å². The second-order valence-corrected chi connectivity index (χ2v) is 5.36. The number of aliphatic hydroxyl groups is 1. The summed E-state index contributed by atoms with van der Waals surface area (Å²) in [5, 5.41) is 17.6. The van der Waals surface area contributed by atoms with E-state index in [1.807, 2.05) is 30.3 Å². The number of hydrogen-bond acceptors (Lipinski definition) is 4. The van der Waals surface area contributed by atoms with Crippen LogP contribution >= 0.6 is 0 Å². The molecule has 6 heteroatoms. The van der Waals surface area contributed by atoms with Gasteiger partial charge in [-0.2, -0.15) is 0 Å². The molecule has 0 bridgehead atoms. The zero-order chi connectivity index (χ0) is 14.8. The van der Waals surface area contributed by atoms with Crippen LogP contribution in [-0.2, 0) is 0 Å². The van der Waals surface area contributed by atoms with E-state index in [-0.39, 0.29) is 18.1 Å². The standard InChI is InChI=1S/C14H18N4O2/c1-14(2,20)10-17(3)13(19)12-9-18(16-15-12)11-7-5-4-6-8-11/h4-9,20H,10H2,1-3H3. The summed E-state index contributed by atoms with van der Waals surface area (Å²) in [6, 6.07) is 9.44. The Balaban J connectivity index is 2.15. The monoisotopic (exact) mass is 274 g/mol. The highest BCUT2D eigenvalue weighted by Crippen LogP contribution is 2.09. The van der Waals surface area contributed by atoms with Crippen molar-refractivity contribution in [3.8, 4) is 5.69 Å². The molecule has 20 heavy (non-hydrogen) atoms. The first-order chi connectivity index (χ1) is 9.37. The highest BCUT2D eigenvalue weighted by Gasteiger charge is 2.22. The molecule has 2 aromatic rings. The summed E-state index contributed by atoms with van der Waals surface area (Å²) in [6.07, 6.45) is 1.58. The zero-order valence-corrected chi connectivity index (χ0v) is 11.8. The molecule has 1 N–H and O–H groups in total. The second kappa shape index (κ2) is 5.42. The van der Waals surface area contributed by atoms with Gasteiger partial charge in [0.15, 0.2) is 5.69 Å². The maximum atomic E-state index is 12.2.